The number of aliphatic hydroxyl groups excluding tert-OH is 1. The molecule has 22 heavy (non-hydrogen) atoms. The quantitative estimate of drug-likeness (QED) is 0.628. The van der Waals surface area contributed by atoms with Crippen LogP contribution >= 0.6 is 0 Å². The van der Waals surface area contributed by atoms with Gasteiger partial charge in [-0.05, 0) is 42.7 Å². The standard InChI is InChI=1S/C19H20O3/c1-3-5-17-11-16(18(21)12-20)8-9-19(17)22-13-15-7-4-6-14(2)10-15/h3-4,6-11,20H,1,5,12-13H2,2H3. The number of ketones is 1. The molecule has 2 aromatic carbocycles. The van der Waals surface area contributed by atoms with Gasteiger partial charge >= 0.3 is 0 Å². The molecule has 3 nitrogen and oxygen atoms in total. The largest absolute Gasteiger partial charge is 0.489 e. The van der Waals surface area contributed by atoms with Crippen molar-refractivity contribution in [3.8, 4) is 5.75 Å². The topological polar surface area (TPSA) is 46.5 Å². The minimum atomic E-state index is -0.489. The molecule has 2 rings (SSSR count). The first kappa shape index (κ1) is 16.0. The van der Waals surface area contributed by atoms with E-state index in [4.69, 9.17) is 9.84 Å². The molecule has 0 heterocycles. The van der Waals surface area contributed by atoms with Crippen LogP contribution in [0, 0.1) is 6.92 Å². The summed E-state index contributed by atoms with van der Waals surface area (Å²) in [6.45, 7) is 5.76. The first-order chi connectivity index (χ1) is 10.6. The lowest BCUT2D eigenvalue weighted by Crippen LogP contribution is -2.06. The van der Waals surface area contributed by atoms with Crippen LogP contribution in [0.2, 0.25) is 0 Å². The third-order valence-corrected chi connectivity index (χ3v) is 3.37. The molecule has 0 radical (unpaired) electrons. The van der Waals surface area contributed by atoms with Crippen molar-refractivity contribution in [2.75, 3.05) is 6.61 Å². The van der Waals surface area contributed by atoms with Gasteiger partial charge in [0.25, 0.3) is 0 Å². The summed E-state index contributed by atoms with van der Waals surface area (Å²) in [6, 6.07) is 13.4. The third kappa shape index (κ3) is 4.06. The number of aryl methyl sites for hydroxylation is 1. The summed E-state index contributed by atoms with van der Waals surface area (Å²) >= 11 is 0. The Bertz CT molecular complexity index is 674. The fourth-order valence-corrected chi connectivity index (χ4v) is 2.26. The van der Waals surface area contributed by atoms with Crippen molar-refractivity contribution in [3.05, 3.63) is 77.4 Å². The van der Waals surface area contributed by atoms with Gasteiger partial charge < -0.3 is 9.84 Å². The number of carbonyl (C=O) groups is 1. The Morgan fingerprint density at radius 1 is 1.27 bits per heavy atom. The molecule has 0 spiro atoms. The van der Waals surface area contributed by atoms with Gasteiger partial charge in [0.05, 0.1) is 0 Å². The van der Waals surface area contributed by atoms with Crippen LogP contribution in [-0.2, 0) is 13.0 Å². The highest BCUT2D eigenvalue weighted by Gasteiger charge is 2.09. The molecule has 3 heteroatoms. The van der Waals surface area contributed by atoms with Gasteiger partial charge in [-0.1, -0.05) is 35.9 Å². The summed E-state index contributed by atoms with van der Waals surface area (Å²) in [4.78, 5) is 11.6. The maximum absolute atomic E-state index is 11.6. The van der Waals surface area contributed by atoms with Gasteiger partial charge in [-0.25, -0.2) is 0 Å². The zero-order valence-corrected chi connectivity index (χ0v) is 12.7. The summed E-state index contributed by atoms with van der Waals surface area (Å²) in [5, 5.41) is 8.96. The van der Waals surface area contributed by atoms with Crippen LogP contribution in [0.4, 0.5) is 0 Å². The zero-order chi connectivity index (χ0) is 15.9. The Kier molecular flexibility index (Phi) is 5.50. The highest BCUT2D eigenvalue weighted by Crippen LogP contribution is 2.23. The van der Waals surface area contributed by atoms with Crippen LogP contribution in [0.5, 0.6) is 5.75 Å². The SMILES string of the molecule is C=CCc1cc(C(=O)CO)ccc1OCc1cccc(C)c1. The van der Waals surface area contributed by atoms with Crippen molar-refractivity contribution in [1.82, 2.24) is 0 Å². The Balaban J connectivity index is 2.18. The molecule has 0 unspecified atom stereocenters. The molecule has 0 saturated carbocycles. The van der Waals surface area contributed by atoms with Crippen molar-refractivity contribution in [1.29, 1.82) is 0 Å². The molecular weight excluding hydrogens is 276 g/mol. The fraction of sp³-hybridized carbons (Fsp3) is 0.211. The number of carbonyl (C=O) groups excluding carboxylic acids is 1. The second-order valence-corrected chi connectivity index (χ2v) is 5.17. The van der Waals surface area contributed by atoms with E-state index in [2.05, 4.69) is 12.6 Å². The molecule has 0 aliphatic rings. The molecule has 0 fully saturated rings. The summed E-state index contributed by atoms with van der Waals surface area (Å²) in [7, 11) is 0. The monoisotopic (exact) mass is 296 g/mol. The number of aliphatic hydroxyl groups is 1. The second-order valence-electron chi connectivity index (χ2n) is 5.17. The van der Waals surface area contributed by atoms with Crippen LogP contribution in [0.3, 0.4) is 0 Å². The zero-order valence-electron chi connectivity index (χ0n) is 12.7. The molecular formula is C19H20O3. The van der Waals surface area contributed by atoms with Crippen molar-refractivity contribution in [2.24, 2.45) is 0 Å². The molecule has 0 amide bonds. The van der Waals surface area contributed by atoms with E-state index in [1.807, 2.05) is 25.1 Å². The Hall–Kier alpha value is -2.39. The number of benzene rings is 2. The van der Waals surface area contributed by atoms with Crippen molar-refractivity contribution in [3.63, 3.8) is 0 Å². The van der Waals surface area contributed by atoms with Gasteiger partial charge in [0.1, 0.15) is 19.0 Å². The summed E-state index contributed by atoms with van der Waals surface area (Å²) in [5.74, 6) is 0.437. The van der Waals surface area contributed by atoms with E-state index in [0.717, 1.165) is 16.9 Å². The number of hydrogen-bond acceptors (Lipinski definition) is 3. The summed E-state index contributed by atoms with van der Waals surface area (Å²) in [6.07, 6.45) is 2.37. The van der Waals surface area contributed by atoms with E-state index >= 15 is 0 Å². The molecule has 0 saturated heterocycles. The van der Waals surface area contributed by atoms with Gasteiger partial charge in [0, 0.05) is 5.56 Å². The van der Waals surface area contributed by atoms with E-state index in [-0.39, 0.29) is 5.78 Å². The minimum absolute atomic E-state index is 0.296. The van der Waals surface area contributed by atoms with Crippen LogP contribution in [0.25, 0.3) is 0 Å². The predicted molar refractivity (Wildman–Crippen MR) is 87.3 cm³/mol. The predicted octanol–water partition coefficient (Wildman–Crippen LogP) is 3.48. The molecule has 0 bridgehead atoms. The second kappa shape index (κ2) is 7.57. The Morgan fingerprint density at radius 2 is 2.09 bits per heavy atom. The molecule has 0 atom stereocenters. The number of Topliss-reactive ketones (excluding diaryl/α,β-unsaturated/α-hetero) is 1. The maximum atomic E-state index is 11.6. The lowest BCUT2D eigenvalue weighted by molar-refractivity contribution is 0.0903. The third-order valence-electron chi connectivity index (χ3n) is 3.37. The molecule has 0 aliphatic heterocycles. The molecule has 0 aliphatic carbocycles. The first-order valence-electron chi connectivity index (χ1n) is 7.20. The van der Waals surface area contributed by atoms with Crippen LogP contribution in [0.15, 0.2) is 55.1 Å². The average Bonchev–Trinajstić information content (AvgIpc) is 2.53. The number of rotatable bonds is 7. The van der Waals surface area contributed by atoms with Gasteiger partial charge in [0.2, 0.25) is 0 Å². The van der Waals surface area contributed by atoms with Crippen LogP contribution in [0.1, 0.15) is 27.0 Å². The fourth-order valence-electron chi connectivity index (χ4n) is 2.26. The smallest absolute Gasteiger partial charge is 0.188 e. The van der Waals surface area contributed by atoms with E-state index in [0.29, 0.717) is 18.6 Å². The number of allylic oxidation sites excluding steroid dienone is 1. The van der Waals surface area contributed by atoms with E-state index in [1.165, 1.54) is 5.56 Å². The molecule has 1 N–H and O–H groups in total. The minimum Gasteiger partial charge on any atom is -0.489 e. The maximum Gasteiger partial charge on any atom is 0.188 e. The van der Waals surface area contributed by atoms with Crippen molar-refractivity contribution in [2.45, 2.75) is 20.0 Å². The van der Waals surface area contributed by atoms with Crippen LogP contribution in [-0.4, -0.2) is 17.5 Å². The van der Waals surface area contributed by atoms with Crippen molar-refractivity contribution >= 4 is 5.78 Å². The molecule has 0 aromatic heterocycles. The van der Waals surface area contributed by atoms with Gasteiger partial charge in [-0.2, -0.15) is 0 Å². The van der Waals surface area contributed by atoms with Gasteiger partial charge in [0.15, 0.2) is 5.78 Å². The Labute approximate surface area is 130 Å². The van der Waals surface area contributed by atoms with E-state index in [1.54, 1.807) is 24.3 Å². The lowest BCUT2D eigenvalue weighted by atomic mass is 10.0. The van der Waals surface area contributed by atoms with Crippen molar-refractivity contribution < 1.29 is 14.6 Å². The highest BCUT2D eigenvalue weighted by atomic mass is 16.5. The average molecular weight is 296 g/mol. The normalized spacial score (nSPS) is 10.3. The van der Waals surface area contributed by atoms with Crippen LogP contribution < -0.4 is 4.74 Å². The van der Waals surface area contributed by atoms with Gasteiger partial charge in [-0.3, -0.25) is 4.79 Å². The highest BCUT2D eigenvalue weighted by molar-refractivity contribution is 5.97. The Morgan fingerprint density at radius 3 is 2.77 bits per heavy atom. The molecule has 2 aromatic rings. The van der Waals surface area contributed by atoms with E-state index < -0.39 is 6.61 Å². The summed E-state index contributed by atoms with van der Waals surface area (Å²) in [5.41, 5.74) is 3.67. The number of hydrogen-bond donors (Lipinski definition) is 1. The summed E-state index contributed by atoms with van der Waals surface area (Å²) < 4.78 is 5.88. The molecule has 114 valence electrons. The first-order valence-corrected chi connectivity index (χ1v) is 7.20. The van der Waals surface area contributed by atoms with Gasteiger partial charge in [-0.15, -0.1) is 6.58 Å². The van der Waals surface area contributed by atoms with E-state index in [9.17, 15) is 4.79 Å². The lowest BCUT2D eigenvalue weighted by Gasteiger charge is -2.12. The number of ether oxygens (including phenoxy) is 1.